The number of carbonyl (C=O) groups excluding carboxylic acids is 1. The number of rotatable bonds is 4. The van der Waals surface area contributed by atoms with Crippen molar-refractivity contribution in [3.63, 3.8) is 0 Å². The molecule has 0 aromatic carbocycles. The summed E-state index contributed by atoms with van der Waals surface area (Å²) in [5, 5.41) is 12.6. The number of hydrogen-bond acceptors (Lipinski definition) is 2. The van der Waals surface area contributed by atoms with Gasteiger partial charge in [0.1, 0.15) is 0 Å². The zero-order chi connectivity index (χ0) is 11.9. The number of aliphatic hydroxyl groups is 1. The summed E-state index contributed by atoms with van der Waals surface area (Å²) >= 11 is 0. The maximum atomic E-state index is 12.0. The van der Waals surface area contributed by atoms with Crippen LogP contribution in [0.4, 0.5) is 0 Å². The molecule has 17 heavy (non-hydrogen) atoms. The summed E-state index contributed by atoms with van der Waals surface area (Å²) in [4.78, 5) is 12.0. The zero-order valence-electron chi connectivity index (χ0n) is 10.5. The van der Waals surface area contributed by atoms with Gasteiger partial charge in [0.25, 0.3) is 0 Å². The van der Waals surface area contributed by atoms with E-state index in [1.54, 1.807) is 0 Å². The Bertz CT molecular complexity index is 299. The first-order chi connectivity index (χ1) is 8.22. The largest absolute Gasteiger partial charge is 0.396 e. The van der Waals surface area contributed by atoms with E-state index in [1.165, 1.54) is 19.3 Å². The van der Waals surface area contributed by atoms with Gasteiger partial charge < -0.3 is 10.4 Å². The van der Waals surface area contributed by atoms with E-state index in [0.717, 1.165) is 37.5 Å². The highest BCUT2D eigenvalue weighted by Crippen LogP contribution is 2.54. The molecule has 3 aliphatic carbocycles. The lowest BCUT2D eigenvalue weighted by Gasteiger charge is -2.27. The standard InChI is InChI=1S/C14H23NO2/c16-9-14(3-1-2-4-14)8-15-13(17)12-6-10-5-11(10)7-12/h10-12,16H,1-9H2,(H,15,17). The van der Waals surface area contributed by atoms with E-state index in [2.05, 4.69) is 5.32 Å². The number of aliphatic hydroxyl groups excluding tert-OH is 1. The molecule has 0 saturated heterocycles. The molecule has 1 amide bonds. The van der Waals surface area contributed by atoms with Gasteiger partial charge in [-0.3, -0.25) is 4.79 Å². The number of carbonyl (C=O) groups is 1. The van der Waals surface area contributed by atoms with E-state index in [1.807, 2.05) is 0 Å². The second-order valence-corrected chi connectivity index (χ2v) is 6.51. The van der Waals surface area contributed by atoms with Crippen molar-refractivity contribution in [3.8, 4) is 0 Å². The van der Waals surface area contributed by atoms with Crippen LogP contribution in [0, 0.1) is 23.2 Å². The first kappa shape index (κ1) is 11.5. The third kappa shape index (κ3) is 2.22. The maximum absolute atomic E-state index is 12.0. The summed E-state index contributed by atoms with van der Waals surface area (Å²) in [6, 6.07) is 0. The molecule has 3 aliphatic rings. The molecule has 0 bridgehead atoms. The van der Waals surface area contributed by atoms with Crippen LogP contribution in [0.3, 0.4) is 0 Å². The molecule has 0 aliphatic heterocycles. The Morgan fingerprint density at radius 2 is 1.82 bits per heavy atom. The van der Waals surface area contributed by atoms with Gasteiger partial charge in [-0.15, -0.1) is 0 Å². The van der Waals surface area contributed by atoms with Crippen LogP contribution in [0.2, 0.25) is 0 Å². The number of hydrogen-bond donors (Lipinski definition) is 2. The molecule has 0 aromatic heterocycles. The zero-order valence-corrected chi connectivity index (χ0v) is 10.5. The van der Waals surface area contributed by atoms with E-state index in [9.17, 15) is 9.90 Å². The fourth-order valence-electron chi connectivity index (χ4n) is 3.86. The fraction of sp³-hybridized carbons (Fsp3) is 0.929. The second-order valence-electron chi connectivity index (χ2n) is 6.51. The van der Waals surface area contributed by atoms with Gasteiger partial charge in [0.2, 0.25) is 5.91 Å². The van der Waals surface area contributed by atoms with Gasteiger partial charge in [0, 0.05) is 17.9 Å². The van der Waals surface area contributed by atoms with Crippen LogP contribution in [0.1, 0.15) is 44.9 Å². The molecule has 96 valence electrons. The van der Waals surface area contributed by atoms with Gasteiger partial charge in [-0.2, -0.15) is 0 Å². The van der Waals surface area contributed by atoms with E-state index in [-0.39, 0.29) is 23.8 Å². The number of fused-ring (bicyclic) bond motifs is 1. The van der Waals surface area contributed by atoms with Crippen LogP contribution in [0.25, 0.3) is 0 Å². The van der Waals surface area contributed by atoms with Gasteiger partial charge in [-0.25, -0.2) is 0 Å². The van der Waals surface area contributed by atoms with Crippen molar-refractivity contribution in [3.05, 3.63) is 0 Å². The normalized spacial score (nSPS) is 37.8. The molecule has 0 heterocycles. The second kappa shape index (κ2) is 4.27. The van der Waals surface area contributed by atoms with Crippen molar-refractivity contribution < 1.29 is 9.90 Å². The minimum absolute atomic E-state index is 0.00279. The lowest BCUT2D eigenvalue weighted by molar-refractivity contribution is -0.125. The minimum Gasteiger partial charge on any atom is -0.396 e. The molecular weight excluding hydrogens is 214 g/mol. The summed E-state index contributed by atoms with van der Waals surface area (Å²) in [6.45, 7) is 0.914. The lowest BCUT2D eigenvalue weighted by atomic mass is 9.87. The summed E-state index contributed by atoms with van der Waals surface area (Å²) in [7, 11) is 0. The van der Waals surface area contributed by atoms with Gasteiger partial charge in [-0.05, 0) is 43.9 Å². The topological polar surface area (TPSA) is 49.3 Å². The average molecular weight is 237 g/mol. The molecule has 3 saturated carbocycles. The van der Waals surface area contributed by atoms with Gasteiger partial charge in [0.05, 0.1) is 6.61 Å². The first-order valence-corrected chi connectivity index (χ1v) is 7.11. The SMILES string of the molecule is O=C(NCC1(CO)CCCC1)C1CC2CC2C1. The monoisotopic (exact) mass is 237 g/mol. The van der Waals surface area contributed by atoms with E-state index in [0.29, 0.717) is 6.54 Å². The number of amides is 1. The van der Waals surface area contributed by atoms with Crippen molar-refractivity contribution in [1.82, 2.24) is 5.32 Å². The van der Waals surface area contributed by atoms with Crippen LogP contribution in [0.15, 0.2) is 0 Å². The molecule has 2 atom stereocenters. The first-order valence-electron chi connectivity index (χ1n) is 7.11. The Hall–Kier alpha value is -0.570. The molecule has 2 unspecified atom stereocenters. The number of nitrogens with one attached hydrogen (secondary N) is 1. The van der Waals surface area contributed by atoms with Crippen LogP contribution >= 0.6 is 0 Å². The fourth-order valence-corrected chi connectivity index (χ4v) is 3.86. The van der Waals surface area contributed by atoms with Crippen LogP contribution in [-0.2, 0) is 4.79 Å². The smallest absolute Gasteiger partial charge is 0.223 e. The molecule has 2 N–H and O–H groups in total. The molecule has 3 nitrogen and oxygen atoms in total. The third-order valence-electron chi connectivity index (χ3n) is 5.25. The Morgan fingerprint density at radius 3 is 2.41 bits per heavy atom. The Balaban J connectivity index is 1.48. The van der Waals surface area contributed by atoms with Crippen LogP contribution < -0.4 is 5.32 Å². The Morgan fingerprint density at radius 1 is 1.18 bits per heavy atom. The van der Waals surface area contributed by atoms with Crippen molar-refractivity contribution in [1.29, 1.82) is 0 Å². The highest BCUT2D eigenvalue weighted by Gasteiger charge is 2.48. The van der Waals surface area contributed by atoms with Gasteiger partial charge in [-0.1, -0.05) is 12.8 Å². The summed E-state index contributed by atoms with van der Waals surface area (Å²) < 4.78 is 0. The Kier molecular flexibility index (Phi) is 2.89. The molecular formula is C14H23NO2. The van der Waals surface area contributed by atoms with E-state index < -0.39 is 0 Å². The van der Waals surface area contributed by atoms with Crippen molar-refractivity contribution >= 4 is 5.91 Å². The predicted octanol–water partition coefficient (Wildman–Crippen LogP) is 1.70. The van der Waals surface area contributed by atoms with Gasteiger partial charge >= 0.3 is 0 Å². The molecule has 3 fully saturated rings. The molecule has 3 rings (SSSR count). The van der Waals surface area contributed by atoms with Crippen LogP contribution in [0.5, 0.6) is 0 Å². The van der Waals surface area contributed by atoms with E-state index >= 15 is 0 Å². The Labute approximate surface area is 103 Å². The lowest BCUT2D eigenvalue weighted by Crippen LogP contribution is -2.40. The maximum Gasteiger partial charge on any atom is 0.223 e. The molecule has 0 spiro atoms. The highest BCUT2D eigenvalue weighted by atomic mass is 16.3. The molecule has 0 radical (unpaired) electrons. The summed E-state index contributed by atoms with van der Waals surface area (Å²) in [5.41, 5.74) is -0.00279. The minimum atomic E-state index is -0.00279. The predicted molar refractivity (Wildman–Crippen MR) is 65.3 cm³/mol. The van der Waals surface area contributed by atoms with Crippen LogP contribution in [-0.4, -0.2) is 24.2 Å². The average Bonchev–Trinajstić information content (AvgIpc) is 2.82. The summed E-state index contributed by atoms with van der Waals surface area (Å²) in [5.74, 6) is 2.25. The molecule has 3 heteroatoms. The summed E-state index contributed by atoms with van der Waals surface area (Å²) in [6.07, 6.45) is 8.13. The van der Waals surface area contributed by atoms with E-state index in [4.69, 9.17) is 0 Å². The van der Waals surface area contributed by atoms with Gasteiger partial charge in [0.15, 0.2) is 0 Å². The highest BCUT2D eigenvalue weighted by molar-refractivity contribution is 5.79. The molecule has 0 aromatic rings. The quantitative estimate of drug-likeness (QED) is 0.782. The van der Waals surface area contributed by atoms with Crippen molar-refractivity contribution in [2.75, 3.05) is 13.2 Å². The van der Waals surface area contributed by atoms with Crippen molar-refractivity contribution in [2.24, 2.45) is 23.2 Å². The van der Waals surface area contributed by atoms with Crippen molar-refractivity contribution in [2.45, 2.75) is 44.9 Å². The third-order valence-corrected chi connectivity index (χ3v) is 5.25.